The Balaban J connectivity index is 2.39. The molecule has 0 fully saturated rings. The maximum absolute atomic E-state index is 6.08. The van der Waals surface area contributed by atoms with E-state index in [9.17, 15) is 0 Å². The molecular formula is C12H14ClN3. The minimum Gasteiger partial charge on any atom is -0.316 e. The molecule has 0 aliphatic heterocycles. The van der Waals surface area contributed by atoms with Crippen molar-refractivity contribution in [2.75, 3.05) is 7.05 Å². The Bertz CT molecular complexity index is 491. The van der Waals surface area contributed by atoms with Crippen molar-refractivity contribution >= 4 is 11.6 Å². The summed E-state index contributed by atoms with van der Waals surface area (Å²) in [6.07, 6.45) is 3.87. The topological polar surface area (TPSA) is 29.9 Å². The molecule has 1 heterocycles. The molecule has 0 aliphatic rings. The van der Waals surface area contributed by atoms with Gasteiger partial charge in [0.15, 0.2) is 0 Å². The van der Waals surface area contributed by atoms with Crippen molar-refractivity contribution in [3.63, 3.8) is 0 Å². The number of aromatic nitrogens is 2. The Morgan fingerprint density at radius 2 is 2.25 bits per heavy atom. The van der Waals surface area contributed by atoms with Crippen molar-refractivity contribution in [2.24, 2.45) is 0 Å². The van der Waals surface area contributed by atoms with Crippen molar-refractivity contribution in [1.29, 1.82) is 0 Å². The summed E-state index contributed by atoms with van der Waals surface area (Å²) in [5.74, 6) is 0. The second-order valence-electron chi connectivity index (χ2n) is 3.71. The summed E-state index contributed by atoms with van der Waals surface area (Å²) >= 11 is 6.08. The summed E-state index contributed by atoms with van der Waals surface area (Å²) in [6, 6.07) is 5.83. The normalized spacial score (nSPS) is 10.7. The fraction of sp³-hybridized carbons (Fsp3) is 0.250. The van der Waals surface area contributed by atoms with Gasteiger partial charge in [-0.3, -0.25) is 0 Å². The summed E-state index contributed by atoms with van der Waals surface area (Å²) in [5, 5.41) is 8.19. The molecule has 0 saturated heterocycles. The van der Waals surface area contributed by atoms with Crippen LogP contribution < -0.4 is 5.32 Å². The average Bonchev–Trinajstić information content (AvgIpc) is 2.71. The Labute approximate surface area is 100 Å². The number of benzene rings is 1. The molecule has 0 unspecified atom stereocenters. The van der Waals surface area contributed by atoms with E-state index in [-0.39, 0.29) is 0 Å². The third kappa shape index (κ3) is 2.10. The van der Waals surface area contributed by atoms with E-state index < -0.39 is 0 Å². The number of halogens is 1. The molecule has 1 N–H and O–H groups in total. The van der Waals surface area contributed by atoms with E-state index in [1.807, 2.05) is 49.2 Å². The van der Waals surface area contributed by atoms with Crippen LogP contribution in [0.15, 0.2) is 30.6 Å². The molecule has 0 atom stereocenters. The number of nitrogens with one attached hydrogen (secondary N) is 1. The van der Waals surface area contributed by atoms with Gasteiger partial charge in [0.25, 0.3) is 0 Å². The molecule has 16 heavy (non-hydrogen) atoms. The van der Waals surface area contributed by atoms with Crippen molar-refractivity contribution in [3.8, 4) is 5.69 Å². The van der Waals surface area contributed by atoms with Gasteiger partial charge in [-0.15, -0.1) is 0 Å². The van der Waals surface area contributed by atoms with E-state index in [0.717, 1.165) is 28.4 Å². The maximum atomic E-state index is 6.08. The highest BCUT2D eigenvalue weighted by Crippen LogP contribution is 2.21. The summed E-state index contributed by atoms with van der Waals surface area (Å²) in [4.78, 5) is 0. The van der Waals surface area contributed by atoms with Crippen LogP contribution >= 0.6 is 11.6 Å². The first-order valence-electron chi connectivity index (χ1n) is 5.16. The number of hydrogen-bond donors (Lipinski definition) is 1. The minimum atomic E-state index is 0.767. The lowest BCUT2D eigenvalue weighted by molar-refractivity contribution is 0.816. The smallest absolute Gasteiger partial charge is 0.0689 e. The monoisotopic (exact) mass is 235 g/mol. The van der Waals surface area contributed by atoms with Crippen LogP contribution in [-0.4, -0.2) is 16.8 Å². The molecule has 2 aromatic rings. The summed E-state index contributed by atoms with van der Waals surface area (Å²) in [6.45, 7) is 2.82. The van der Waals surface area contributed by atoms with Gasteiger partial charge in [-0.05, 0) is 31.7 Å². The minimum absolute atomic E-state index is 0.767. The molecule has 3 nitrogen and oxygen atoms in total. The van der Waals surface area contributed by atoms with E-state index in [4.69, 9.17) is 11.6 Å². The highest BCUT2D eigenvalue weighted by atomic mass is 35.5. The summed E-state index contributed by atoms with van der Waals surface area (Å²) in [7, 11) is 1.92. The molecule has 0 saturated carbocycles. The van der Waals surface area contributed by atoms with Crippen LogP contribution in [0.4, 0.5) is 0 Å². The second kappa shape index (κ2) is 4.68. The third-order valence-corrected chi connectivity index (χ3v) is 2.91. The van der Waals surface area contributed by atoms with Gasteiger partial charge in [-0.1, -0.05) is 17.7 Å². The lowest BCUT2D eigenvalue weighted by Crippen LogP contribution is -2.04. The van der Waals surface area contributed by atoms with Crippen LogP contribution in [0.1, 0.15) is 11.1 Å². The molecule has 0 aliphatic carbocycles. The molecule has 0 radical (unpaired) electrons. The zero-order valence-electron chi connectivity index (χ0n) is 9.37. The lowest BCUT2D eigenvalue weighted by Gasteiger charge is -2.06. The van der Waals surface area contributed by atoms with Gasteiger partial charge >= 0.3 is 0 Å². The van der Waals surface area contributed by atoms with Crippen LogP contribution in [-0.2, 0) is 6.54 Å². The van der Waals surface area contributed by atoms with Crippen molar-refractivity contribution < 1.29 is 0 Å². The molecule has 1 aromatic carbocycles. The first kappa shape index (κ1) is 11.2. The van der Waals surface area contributed by atoms with Crippen LogP contribution in [0.3, 0.4) is 0 Å². The average molecular weight is 236 g/mol. The number of rotatable bonds is 3. The SMILES string of the molecule is CNCc1cnn(-c2cccc(Cl)c2C)c1. The first-order chi connectivity index (χ1) is 7.72. The van der Waals surface area contributed by atoms with Crippen LogP contribution in [0.5, 0.6) is 0 Å². The molecular weight excluding hydrogens is 222 g/mol. The lowest BCUT2D eigenvalue weighted by atomic mass is 10.2. The molecule has 0 spiro atoms. The predicted molar refractivity (Wildman–Crippen MR) is 66.1 cm³/mol. The van der Waals surface area contributed by atoms with Crippen molar-refractivity contribution in [1.82, 2.24) is 15.1 Å². The second-order valence-corrected chi connectivity index (χ2v) is 4.11. The first-order valence-corrected chi connectivity index (χ1v) is 5.54. The Morgan fingerprint density at radius 3 is 3.00 bits per heavy atom. The summed E-state index contributed by atoms with van der Waals surface area (Å²) < 4.78 is 1.86. The van der Waals surface area contributed by atoms with E-state index >= 15 is 0 Å². The van der Waals surface area contributed by atoms with Gasteiger partial charge < -0.3 is 5.32 Å². The van der Waals surface area contributed by atoms with Crippen molar-refractivity contribution in [3.05, 3.63) is 46.7 Å². The van der Waals surface area contributed by atoms with E-state index in [1.54, 1.807) is 0 Å². The molecule has 0 amide bonds. The Hall–Kier alpha value is -1.32. The third-order valence-electron chi connectivity index (χ3n) is 2.50. The van der Waals surface area contributed by atoms with E-state index in [0.29, 0.717) is 0 Å². The quantitative estimate of drug-likeness (QED) is 0.886. The standard InChI is InChI=1S/C12H14ClN3/c1-9-11(13)4-3-5-12(9)16-8-10(6-14-2)7-15-16/h3-5,7-8,14H,6H2,1-2H3. The van der Waals surface area contributed by atoms with Gasteiger partial charge in [-0.25, -0.2) is 4.68 Å². The molecule has 2 rings (SSSR count). The van der Waals surface area contributed by atoms with Gasteiger partial charge in [-0.2, -0.15) is 5.10 Å². The fourth-order valence-corrected chi connectivity index (χ4v) is 1.80. The van der Waals surface area contributed by atoms with Crippen LogP contribution in [0.2, 0.25) is 5.02 Å². The maximum Gasteiger partial charge on any atom is 0.0689 e. The van der Waals surface area contributed by atoms with E-state index in [2.05, 4.69) is 10.4 Å². The van der Waals surface area contributed by atoms with Gasteiger partial charge in [0.1, 0.15) is 0 Å². The van der Waals surface area contributed by atoms with Gasteiger partial charge in [0.2, 0.25) is 0 Å². The molecule has 84 valence electrons. The van der Waals surface area contributed by atoms with Crippen molar-refractivity contribution in [2.45, 2.75) is 13.5 Å². The van der Waals surface area contributed by atoms with Crippen LogP contribution in [0, 0.1) is 6.92 Å². The highest BCUT2D eigenvalue weighted by Gasteiger charge is 2.05. The Morgan fingerprint density at radius 1 is 1.44 bits per heavy atom. The summed E-state index contributed by atoms with van der Waals surface area (Å²) in [5.41, 5.74) is 3.22. The predicted octanol–water partition coefficient (Wildman–Crippen LogP) is 2.55. The van der Waals surface area contributed by atoms with Gasteiger partial charge in [0, 0.05) is 23.3 Å². The zero-order valence-corrected chi connectivity index (χ0v) is 10.1. The van der Waals surface area contributed by atoms with Crippen LogP contribution in [0.25, 0.3) is 5.69 Å². The highest BCUT2D eigenvalue weighted by molar-refractivity contribution is 6.31. The van der Waals surface area contributed by atoms with E-state index in [1.165, 1.54) is 0 Å². The molecule has 4 heteroatoms. The molecule has 1 aromatic heterocycles. The molecule has 0 bridgehead atoms. The Kier molecular flexibility index (Phi) is 3.27. The fourth-order valence-electron chi connectivity index (χ4n) is 1.63. The van der Waals surface area contributed by atoms with Gasteiger partial charge in [0.05, 0.1) is 11.9 Å². The number of hydrogen-bond acceptors (Lipinski definition) is 2. The largest absolute Gasteiger partial charge is 0.316 e. The number of nitrogens with zero attached hydrogens (tertiary/aromatic N) is 2. The zero-order chi connectivity index (χ0) is 11.5.